The van der Waals surface area contributed by atoms with Gasteiger partial charge in [0, 0.05) is 12.6 Å². The Hall–Kier alpha value is -2.28. The summed E-state index contributed by atoms with van der Waals surface area (Å²) in [5.41, 5.74) is 2.06. The van der Waals surface area contributed by atoms with E-state index in [1.54, 1.807) is 4.90 Å². The van der Waals surface area contributed by atoms with Crippen molar-refractivity contribution >= 4 is 29.6 Å². The second kappa shape index (κ2) is 9.03. The van der Waals surface area contributed by atoms with Gasteiger partial charge in [0.05, 0.1) is 11.3 Å². The summed E-state index contributed by atoms with van der Waals surface area (Å²) in [6, 6.07) is 9.48. The number of rotatable bonds is 7. The largest absolute Gasteiger partial charge is 0.352 e. The lowest BCUT2D eigenvalue weighted by atomic mass is 9.95. The van der Waals surface area contributed by atoms with Crippen molar-refractivity contribution < 1.29 is 14.4 Å². The van der Waals surface area contributed by atoms with Crippen LogP contribution in [0.5, 0.6) is 0 Å². The van der Waals surface area contributed by atoms with E-state index in [-0.39, 0.29) is 41.7 Å². The number of allylic oxidation sites excluding steroid dienone is 1. The quantitative estimate of drug-likeness (QED) is 0.741. The number of imide groups is 1. The van der Waals surface area contributed by atoms with E-state index in [0.717, 1.165) is 22.5 Å². The molecule has 0 spiro atoms. The molecule has 0 aromatic heterocycles. The fourth-order valence-electron chi connectivity index (χ4n) is 3.68. The molecule has 0 saturated carbocycles. The van der Waals surface area contributed by atoms with Gasteiger partial charge in [-0.05, 0) is 49.7 Å². The van der Waals surface area contributed by atoms with E-state index in [4.69, 9.17) is 0 Å². The van der Waals surface area contributed by atoms with Crippen LogP contribution in [0.15, 0.2) is 40.8 Å². The predicted molar refractivity (Wildman–Crippen MR) is 115 cm³/mol. The van der Waals surface area contributed by atoms with Gasteiger partial charge in [-0.1, -0.05) is 37.3 Å². The summed E-state index contributed by atoms with van der Waals surface area (Å²) in [7, 11) is 0. The Balaban J connectivity index is 1.80. The zero-order chi connectivity index (χ0) is 21.1. The Kier molecular flexibility index (Phi) is 6.67. The number of hydrogen-bond donors (Lipinski definition) is 1. The maximum atomic E-state index is 13.2. The summed E-state index contributed by atoms with van der Waals surface area (Å²) in [5, 5.41) is 2.58. The highest BCUT2D eigenvalue weighted by molar-refractivity contribution is 8.03. The van der Waals surface area contributed by atoms with Crippen molar-refractivity contribution in [3.8, 4) is 0 Å². The van der Waals surface area contributed by atoms with Gasteiger partial charge in [-0.3, -0.25) is 14.5 Å². The Bertz CT molecular complexity index is 824. The number of urea groups is 1. The fourth-order valence-corrected chi connectivity index (χ4v) is 5.10. The van der Waals surface area contributed by atoms with E-state index in [1.807, 2.05) is 58.0 Å². The maximum absolute atomic E-state index is 13.2. The highest BCUT2D eigenvalue weighted by Gasteiger charge is 2.50. The van der Waals surface area contributed by atoms with Gasteiger partial charge < -0.3 is 10.2 Å². The first-order valence-corrected chi connectivity index (χ1v) is 11.0. The second-order valence-electron chi connectivity index (χ2n) is 7.74. The number of amides is 4. The van der Waals surface area contributed by atoms with Crippen LogP contribution in [-0.2, 0) is 16.0 Å². The van der Waals surface area contributed by atoms with Crippen LogP contribution in [0.25, 0.3) is 0 Å². The van der Waals surface area contributed by atoms with Gasteiger partial charge in [0.25, 0.3) is 0 Å². The van der Waals surface area contributed by atoms with Crippen molar-refractivity contribution in [2.75, 3.05) is 13.1 Å². The molecule has 1 N–H and O–H groups in total. The second-order valence-corrected chi connectivity index (χ2v) is 9.07. The van der Waals surface area contributed by atoms with Gasteiger partial charge >= 0.3 is 6.03 Å². The normalized spacial score (nSPS) is 22.8. The molecule has 0 radical (unpaired) electrons. The smallest absolute Gasteiger partial charge is 0.328 e. The first-order valence-electron chi connectivity index (χ1n) is 10.1. The monoisotopic (exact) mass is 415 g/mol. The summed E-state index contributed by atoms with van der Waals surface area (Å²) in [6.07, 6.45) is 1.42. The van der Waals surface area contributed by atoms with Crippen LogP contribution >= 0.6 is 11.8 Å². The molecule has 7 heteroatoms. The molecule has 156 valence electrons. The molecule has 3 unspecified atom stereocenters. The molecule has 2 aliphatic rings. The lowest BCUT2D eigenvalue weighted by Crippen LogP contribution is -2.62. The Morgan fingerprint density at radius 3 is 2.55 bits per heavy atom. The van der Waals surface area contributed by atoms with Gasteiger partial charge in [0.1, 0.15) is 6.54 Å². The molecular weight excluding hydrogens is 386 g/mol. The van der Waals surface area contributed by atoms with Crippen LogP contribution in [0.3, 0.4) is 0 Å². The molecule has 4 amide bonds. The van der Waals surface area contributed by atoms with Crippen molar-refractivity contribution in [2.24, 2.45) is 5.92 Å². The van der Waals surface area contributed by atoms with E-state index in [2.05, 4.69) is 5.32 Å². The first-order chi connectivity index (χ1) is 13.8. The van der Waals surface area contributed by atoms with Crippen LogP contribution in [0.1, 0.15) is 39.7 Å². The number of carbonyl (C=O) groups is 3. The summed E-state index contributed by atoms with van der Waals surface area (Å²) >= 11 is 1.51. The van der Waals surface area contributed by atoms with E-state index >= 15 is 0 Å². The van der Waals surface area contributed by atoms with Crippen LogP contribution in [0.4, 0.5) is 4.79 Å². The van der Waals surface area contributed by atoms with Crippen LogP contribution < -0.4 is 5.32 Å². The van der Waals surface area contributed by atoms with Gasteiger partial charge in [-0.25, -0.2) is 4.79 Å². The van der Waals surface area contributed by atoms with E-state index in [0.29, 0.717) is 13.0 Å². The molecule has 1 aromatic rings. The SMILES string of the molecule is CCC(C)NC(=O)CN1C(=O)N(CCc2ccccc2)C(=O)C2C(C)=C(C)SC21. The number of nitrogens with zero attached hydrogens (tertiary/aromatic N) is 2. The van der Waals surface area contributed by atoms with Crippen molar-refractivity contribution in [3.63, 3.8) is 0 Å². The lowest BCUT2D eigenvalue weighted by molar-refractivity contribution is -0.136. The molecular formula is C22H29N3O3S. The Labute approximate surface area is 176 Å². The standard InChI is InChI=1S/C22H29N3O3S/c1-5-14(2)23-18(26)13-25-21-19(15(3)16(4)29-21)20(27)24(22(25)28)12-11-17-9-7-6-8-10-17/h6-10,14,19,21H,5,11-13H2,1-4H3,(H,23,26). The summed E-state index contributed by atoms with van der Waals surface area (Å²) in [5.74, 6) is -0.729. The minimum absolute atomic E-state index is 0.0347. The van der Waals surface area contributed by atoms with Gasteiger partial charge in [0.2, 0.25) is 11.8 Å². The molecule has 29 heavy (non-hydrogen) atoms. The van der Waals surface area contributed by atoms with Crippen molar-refractivity contribution in [3.05, 3.63) is 46.4 Å². The molecule has 3 atom stereocenters. The molecule has 2 aliphatic heterocycles. The molecule has 6 nitrogen and oxygen atoms in total. The average molecular weight is 416 g/mol. The number of fused-ring (bicyclic) bond motifs is 1. The summed E-state index contributed by atoms with van der Waals surface area (Å²) in [6.45, 7) is 8.14. The topological polar surface area (TPSA) is 69.7 Å². The van der Waals surface area contributed by atoms with Gasteiger partial charge in [-0.2, -0.15) is 0 Å². The third-order valence-electron chi connectivity index (χ3n) is 5.72. The molecule has 1 fully saturated rings. The highest BCUT2D eigenvalue weighted by atomic mass is 32.2. The molecule has 2 heterocycles. The van der Waals surface area contributed by atoms with E-state index in [1.165, 1.54) is 16.7 Å². The molecule has 3 rings (SSSR count). The lowest BCUT2D eigenvalue weighted by Gasteiger charge is -2.42. The third-order valence-corrected chi connectivity index (χ3v) is 7.16. The molecule has 1 aromatic carbocycles. The summed E-state index contributed by atoms with van der Waals surface area (Å²) in [4.78, 5) is 42.9. The van der Waals surface area contributed by atoms with Crippen LogP contribution in [-0.4, -0.2) is 52.2 Å². The van der Waals surface area contributed by atoms with E-state index < -0.39 is 0 Å². The Morgan fingerprint density at radius 2 is 1.90 bits per heavy atom. The van der Waals surface area contributed by atoms with Crippen molar-refractivity contribution in [1.29, 1.82) is 0 Å². The minimum Gasteiger partial charge on any atom is -0.352 e. The van der Waals surface area contributed by atoms with Crippen LogP contribution in [0.2, 0.25) is 0 Å². The van der Waals surface area contributed by atoms with Gasteiger partial charge in [-0.15, -0.1) is 11.8 Å². The van der Waals surface area contributed by atoms with Gasteiger partial charge in [0.15, 0.2) is 0 Å². The zero-order valence-corrected chi connectivity index (χ0v) is 18.3. The molecule has 0 aliphatic carbocycles. The summed E-state index contributed by atoms with van der Waals surface area (Å²) < 4.78 is 0. The van der Waals surface area contributed by atoms with E-state index in [9.17, 15) is 14.4 Å². The molecule has 1 saturated heterocycles. The predicted octanol–water partition coefficient (Wildman–Crippen LogP) is 3.39. The third kappa shape index (κ3) is 4.50. The number of nitrogens with one attached hydrogen (secondary N) is 1. The first kappa shape index (κ1) is 21.4. The van der Waals surface area contributed by atoms with Crippen LogP contribution in [0, 0.1) is 5.92 Å². The number of hydrogen-bond acceptors (Lipinski definition) is 4. The number of carbonyl (C=O) groups excluding carboxylic acids is 3. The number of benzene rings is 1. The highest BCUT2D eigenvalue weighted by Crippen LogP contribution is 2.46. The molecule has 0 bridgehead atoms. The Morgan fingerprint density at radius 1 is 1.21 bits per heavy atom. The minimum atomic E-state index is -0.384. The maximum Gasteiger partial charge on any atom is 0.328 e. The fraction of sp³-hybridized carbons (Fsp3) is 0.500. The zero-order valence-electron chi connectivity index (χ0n) is 17.5. The van der Waals surface area contributed by atoms with Crippen molar-refractivity contribution in [2.45, 2.75) is 52.0 Å². The average Bonchev–Trinajstić information content (AvgIpc) is 3.00. The number of thioether (sulfide) groups is 1. The van der Waals surface area contributed by atoms with Crippen molar-refractivity contribution in [1.82, 2.24) is 15.1 Å².